The van der Waals surface area contributed by atoms with E-state index in [0.29, 0.717) is 24.5 Å². The molecule has 29 heavy (non-hydrogen) atoms. The van der Waals surface area contributed by atoms with E-state index in [4.69, 9.17) is 0 Å². The van der Waals surface area contributed by atoms with Crippen molar-refractivity contribution in [3.8, 4) is 0 Å². The molecule has 2 aromatic carbocycles. The zero-order chi connectivity index (χ0) is 20.6. The van der Waals surface area contributed by atoms with Crippen molar-refractivity contribution in [3.05, 3.63) is 59.4 Å². The molecular weight excluding hydrogens is 393 g/mol. The summed E-state index contributed by atoms with van der Waals surface area (Å²) in [7, 11) is -3.85. The van der Waals surface area contributed by atoms with Gasteiger partial charge in [-0.1, -0.05) is 18.6 Å². The summed E-state index contributed by atoms with van der Waals surface area (Å²) in [4.78, 5) is 14.7. The number of nitrogens with one attached hydrogen (secondary N) is 1. The Morgan fingerprint density at radius 1 is 1.14 bits per heavy atom. The number of carbonyl (C=O) groups is 1. The van der Waals surface area contributed by atoms with Crippen LogP contribution in [0.4, 0.5) is 10.1 Å². The Balaban J connectivity index is 1.61. The van der Waals surface area contributed by atoms with Crippen molar-refractivity contribution < 1.29 is 17.6 Å². The van der Waals surface area contributed by atoms with Gasteiger partial charge in [0.2, 0.25) is 0 Å². The fraction of sp³-hybridized carbons (Fsp3) is 0.333. The number of nitrogens with zero attached hydrogens (tertiary/aromatic N) is 2. The number of anilines is 1. The molecule has 4 rings (SSSR count). The van der Waals surface area contributed by atoms with Crippen LogP contribution < -0.4 is 10.2 Å². The van der Waals surface area contributed by atoms with Gasteiger partial charge in [-0.2, -0.15) is 8.42 Å². The maximum Gasteiger partial charge on any atom is 0.286 e. The Morgan fingerprint density at radius 2 is 1.90 bits per heavy atom. The third-order valence-corrected chi connectivity index (χ3v) is 6.66. The molecule has 0 saturated carbocycles. The van der Waals surface area contributed by atoms with Crippen molar-refractivity contribution in [2.24, 2.45) is 4.40 Å². The fourth-order valence-electron chi connectivity index (χ4n) is 3.74. The van der Waals surface area contributed by atoms with Crippen molar-refractivity contribution >= 4 is 27.5 Å². The monoisotopic (exact) mass is 415 g/mol. The molecule has 0 bridgehead atoms. The van der Waals surface area contributed by atoms with Crippen molar-refractivity contribution in [1.29, 1.82) is 0 Å². The maximum absolute atomic E-state index is 13.1. The average molecular weight is 415 g/mol. The van der Waals surface area contributed by atoms with E-state index in [1.165, 1.54) is 18.2 Å². The lowest BCUT2D eigenvalue weighted by Crippen LogP contribution is -2.35. The normalized spacial score (nSPS) is 18.7. The first-order valence-electron chi connectivity index (χ1n) is 9.67. The number of rotatable bonds is 3. The average Bonchev–Trinajstić information content (AvgIpc) is 2.93. The molecule has 8 heteroatoms. The van der Waals surface area contributed by atoms with Gasteiger partial charge in [0.05, 0.1) is 11.7 Å². The van der Waals surface area contributed by atoms with Crippen LogP contribution >= 0.6 is 0 Å². The standard InChI is InChI=1S/C21H22FN3O3S/c1-14(15-6-9-17(22)10-7-15)23-21(26)16-8-11-18-19(13-16)29(27,28)24-20-5-3-2-4-12-25(18)20/h6-11,13-14H,2-5,12H2,1H3,(H,23,26)/t14-/m0/s1. The largest absolute Gasteiger partial charge is 0.346 e. The Labute approximate surface area is 169 Å². The van der Waals surface area contributed by atoms with E-state index in [-0.39, 0.29) is 22.3 Å². The number of hydrogen-bond acceptors (Lipinski definition) is 4. The van der Waals surface area contributed by atoms with Gasteiger partial charge in [-0.3, -0.25) is 4.79 Å². The molecule has 0 unspecified atom stereocenters. The van der Waals surface area contributed by atoms with Crippen molar-refractivity contribution in [2.45, 2.75) is 43.5 Å². The van der Waals surface area contributed by atoms with Gasteiger partial charge < -0.3 is 10.2 Å². The minimum atomic E-state index is -3.85. The van der Waals surface area contributed by atoms with Crippen LogP contribution in [0.25, 0.3) is 0 Å². The number of sulfonamides is 1. The summed E-state index contributed by atoms with van der Waals surface area (Å²) < 4.78 is 42.5. The second-order valence-corrected chi connectivity index (χ2v) is 8.95. The lowest BCUT2D eigenvalue weighted by molar-refractivity contribution is 0.0939. The van der Waals surface area contributed by atoms with Crippen LogP contribution in [0.1, 0.15) is 54.6 Å². The summed E-state index contributed by atoms with van der Waals surface area (Å²) in [6, 6.07) is 10.2. The van der Waals surface area contributed by atoms with Crippen LogP contribution in [0.2, 0.25) is 0 Å². The van der Waals surface area contributed by atoms with Gasteiger partial charge in [0.25, 0.3) is 15.9 Å². The van der Waals surface area contributed by atoms with E-state index in [1.807, 2.05) is 4.90 Å². The third kappa shape index (κ3) is 3.89. The molecule has 0 radical (unpaired) electrons. The minimum Gasteiger partial charge on any atom is -0.346 e. The van der Waals surface area contributed by atoms with E-state index in [0.717, 1.165) is 24.8 Å². The molecule has 1 N–H and O–H groups in total. The SMILES string of the molecule is C[C@H](NC(=O)c1ccc2c(c1)S(=O)(=O)N=C1CCCCCN12)c1ccc(F)cc1. The number of fused-ring (bicyclic) bond motifs is 3. The molecule has 1 amide bonds. The van der Waals surface area contributed by atoms with Crippen LogP contribution in [0.3, 0.4) is 0 Å². The molecule has 1 fully saturated rings. The number of hydrogen-bond donors (Lipinski definition) is 1. The first kappa shape index (κ1) is 19.6. The molecule has 2 aliphatic rings. The first-order chi connectivity index (χ1) is 13.8. The summed E-state index contributed by atoms with van der Waals surface area (Å²) in [6.07, 6.45) is 3.56. The van der Waals surface area contributed by atoms with Gasteiger partial charge >= 0.3 is 0 Å². The number of halogens is 1. The molecular formula is C21H22FN3O3S. The van der Waals surface area contributed by atoms with Crippen LogP contribution in [0.5, 0.6) is 0 Å². The van der Waals surface area contributed by atoms with Crippen LogP contribution in [0.15, 0.2) is 51.8 Å². The lowest BCUT2D eigenvalue weighted by Gasteiger charge is -2.29. The van der Waals surface area contributed by atoms with E-state index in [1.54, 1.807) is 31.2 Å². The molecule has 152 valence electrons. The number of amides is 1. The zero-order valence-electron chi connectivity index (χ0n) is 16.1. The highest BCUT2D eigenvalue weighted by atomic mass is 32.2. The fourth-order valence-corrected chi connectivity index (χ4v) is 5.02. The molecule has 1 atom stereocenters. The van der Waals surface area contributed by atoms with Gasteiger partial charge in [-0.05, 0) is 55.7 Å². The van der Waals surface area contributed by atoms with E-state index < -0.39 is 15.9 Å². The summed E-state index contributed by atoms with van der Waals surface area (Å²) in [6.45, 7) is 2.50. The third-order valence-electron chi connectivity index (χ3n) is 5.33. The lowest BCUT2D eigenvalue weighted by atomic mass is 10.1. The molecule has 2 aromatic rings. The van der Waals surface area contributed by atoms with Gasteiger partial charge in [-0.25, -0.2) is 4.39 Å². The Hall–Kier alpha value is -2.74. The smallest absolute Gasteiger partial charge is 0.286 e. The predicted molar refractivity (Wildman–Crippen MR) is 109 cm³/mol. The van der Waals surface area contributed by atoms with Crippen LogP contribution in [0, 0.1) is 5.82 Å². The van der Waals surface area contributed by atoms with Gasteiger partial charge in [0.1, 0.15) is 16.5 Å². The van der Waals surface area contributed by atoms with Gasteiger partial charge in [-0.15, -0.1) is 4.40 Å². The molecule has 0 spiro atoms. The zero-order valence-corrected chi connectivity index (χ0v) is 16.9. The summed E-state index contributed by atoms with van der Waals surface area (Å²) >= 11 is 0. The number of carbonyl (C=O) groups excluding carboxylic acids is 1. The molecule has 2 aliphatic heterocycles. The van der Waals surface area contributed by atoms with Gasteiger partial charge in [0, 0.05) is 18.5 Å². The van der Waals surface area contributed by atoms with Crippen molar-refractivity contribution in [1.82, 2.24) is 5.32 Å². The molecule has 6 nitrogen and oxygen atoms in total. The highest BCUT2D eigenvalue weighted by molar-refractivity contribution is 7.90. The predicted octanol–water partition coefficient (Wildman–Crippen LogP) is 3.80. The Morgan fingerprint density at radius 3 is 2.66 bits per heavy atom. The first-order valence-corrected chi connectivity index (χ1v) is 11.1. The summed E-state index contributed by atoms with van der Waals surface area (Å²) in [5, 5.41) is 2.83. The van der Waals surface area contributed by atoms with Crippen molar-refractivity contribution in [3.63, 3.8) is 0 Å². The van der Waals surface area contributed by atoms with Crippen LogP contribution in [-0.4, -0.2) is 26.7 Å². The Bertz CT molecular complexity index is 1080. The van der Waals surface area contributed by atoms with Gasteiger partial charge in [0.15, 0.2) is 0 Å². The maximum atomic E-state index is 13.1. The molecule has 2 heterocycles. The highest BCUT2D eigenvalue weighted by Crippen LogP contribution is 2.35. The van der Waals surface area contributed by atoms with E-state index in [2.05, 4.69) is 9.71 Å². The quantitative estimate of drug-likeness (QED) is 0.827. The molecule has 0 aliphatic carbocycles. The topological polar surface area (TPSA) is 78.8 Å². The van der Waals surface area contributed by atoms with Crippen molar-refractivity contribution in [2.75, 3.05) is 11.4 Å². The summed E-state index contributed by atoms with van der Waals surface area (Å²) in [5.74, 6) is -0.164. The second kappa shape index (κ2) is 7.59. The molecule has 1 saturated heterocycles. The van der Waals surface area contributed by atoms with E-state index >= 15 is 0 Å². The van der Waals surface area contributed by atoms with E-state index in [9.17, 15) is 17.6 Å². The summed E-state index contributed by atoms with van der Waals surface area (Å²) in [5.41, 5.74) is 1.58. The highest BCUT2D eigenvalue weighted by Gasteiger charge is 2.32. The Kier molecular flexibility index (Phi) is 5.12. The van der Waals surface area contributed by atoms with Crippen LogP contribution in [-0.2, 0) is 10.0 Å². The number of amidine groups is 1. The second-order valence-electron chi connectivity index (χ2n) is 7.37. The minimum absolute atomic E-state index is 0.0604. The molecule has 0 aromatic heterocycles. The number of benzene rings is 2.